The summed E-state index contributed by atoms with van der Waals surface area (Å²) in [6, 6.07) is 11.8. The fourth-order valence-electron chi connectivity index (χ4n) is 4.11. The highest BCUT2D eigenvalue weighted by atomic mass is 16.5. The molecule has 1 atom stereocenters. The van der Waals surface area contributed by atoms with Crippen LogP contribution in [0.3, 0.4) is 0 Å². The van der Waals surface area contributed by atoms with Crippen LogP contribution < -0.4 is 10.2 Å². The van der Waals surface area contributed by atoms with Gasteiger partial charge in [-0.25, -0.2) is 9.97 Å². The van der Waals surface area contributed by atoms with E-state index >= 15 is 0 Å². The van der Waals surface area contributed by atoms with Crippen molar-refractivity contribution < 1.29 is 9.32 Å². The van der Waals surface area contributed by atoms with Crippen molar-refractivity contribution in [1.82, 2.24) is 24.7 Å². The van der Waals surface area contributed by atoms with Crippen molar-refractivity contribution in [1.29, 1.82) is 0 Å². The number of aromatic nitrogens is 5. The predicted molar refractivity (Wildman–Crippen MR) is 124 cm³/mol. The lowest BCUT2D eigenvalue weighted by Crippen LogP contribution is -2.41. The van der Waals surface area contributed by atoms with Gasteiger partial charge in [0, 0.05) is 43.1 Å². The van der Waals surface area contributed by atoms with Crippen molar-refractivity contribution in [3.8, 4) is 17.1 Å². The number of aryl methyl sites for hydroxylation is 2. The minimum Gasteiger partial charge on any atom is -0.355 e. The average Bonchev–Trinajstić information content (AvgIpc) is 3.52. The lowest BCUT2D eigenvalue weighted by atomic mass is 9.96. The quantitative estimate of drug-likeness (QED) is 0.501. The van der Waals surface area contributed by atoms with Crippen LogP contribution in [0.1, 0.15) is 24.5 Å². The average molecular weight is 444 g/mol. The van der Waals surface area contributed by atoms with Crippen LogP contribution in [0.2, 0.25) is 0 Å². The normalized spacial score (nSPS) is 16.1. The zero-order valence-electron chi connectivity index (χ0n) is 18.6. The Hall–Kier alpha value is -4.01. The molecule has 0 radical (unpaired) electrons. The van der Waals surface area contributed by atoms with Crippen LogP contribution in [0, 0.1) is 19.8 Å². The largest absolute Gasteiger partial charge is 0.355 e. The van der Waals surface area contributed by atoms with Gasteiger partial charge in [-0.15, -0.1) is 0 Å². The summed E-state index contributed by atoms with van der Waals surface area (Å²) in [5.41, 5.74) is 2.51. The maximum Gasteiger partial charge on any atom is 0.263 e. The fourth-order valence-corrected chi connectivity index (χ4v) is 4.11. The number of carbonyl (C=O) groups is 1. The van der Waals surface area contributed by atoms with Gasteiger partial charge in [0.1, 0.15) is 17.2 Å². The van der Waals surface area contributed by atoms with Crippen molar-refractivity contribution >= 4 is 17.4 Å². The molecule has 9 nitrogen and oxygen atoms in total. The Labute approximate surface area is 191 Å². The molecule has 4 heterocycles. The third-order valence-electron chi connectivity index (χ3n) is 5.78. The highest BCUT2D eigenvalue weighted by molar-refractivity contribution is 5.93. The summed E-state index contributed by atoms with van der Waals surface area (Å²) in [5, 5.41) is 6.96. The summed E-state index contributed by atoms with van der Waals surface area (Å²) >= 11 is 0. The monoisotopic (exact) mass is 443 g/mol. The second kappa shape index (κ2) is 8.85. The van der Waals surface area contributed by atoms with Gasteiger partial charge in [0.15, 0.2) is 5.82 Å². The van der Waals surface area contributed by atoms with Gasteiger partial charge in [-0.3, -0.25) is 4.79 Å². The molecule has 0 saturated carbocycles. The highest BCUT2D eigenvalue weighted by Crippen LogP contribution is 2.31. The van der Waals surface area contributed by atoms with Crippen LogP contribution in [0.5, 0.6) is 0 Å². The molecule has 168 valence electrons. The number of carbonyl (C=O) groups excluding carboxylic acids is 1. The molecule has 4 aromatic rings. The molecule has 1 aromatic carbocycles. The van der Waals surface area contributed by atoms with Crippen molar-refractivity contribution in [3.63, 3.8) is 0 Å². The molecular formula is C24H25N7O2. The van der Waals surface area contributed by atoms with E-state index in [9.17, 15) is 4.79 Å². The molecule has 1 amide bonds. The smallest absolute Gasteiger partial charge is 0.263 e. The van der Waals surface area contributed by atoms with E-state index in [2.05, 4.69) is 30.3 Å². The van der Waals surface area contributed by atoms with Crippen molar-refractivity contribution in [2.45, 2.75) is 26.7 Å². The first-order valence-electron chi connectivity index (χ1n) is 11.0. The minimum atomic E-state index is -0.157. The van der Waals surface area contributed by atoms with E-state index in [0.717, 1.165) is 36.6 Å². The molecule has 1 N–H and O–H groups in total. The number of nitrogens with one attached hydrogen (secondary N) is 1. The summed E-state index contributed by atoms with van der Waals surface area (Å²) in [6.45, 7) is 4.97. The van der Waals surface area contributed by atoms with Gasteiger partial charge in [-0.2, -0.15) is 4.98 Å². The lowest BCUT2D eigenvalue weighted by molar-refractivity contribution is -0.120. The maximum atomic E-state index is 13.1. The second-order valence-corrected chi connectivity index (χ2v) is 8.21. The van der Waals surface area contributed by atoms with Gasteiger partial charge >= 0.3 is 0 Å². The van der Waals surface area contributed by atoms with E-state index in [1.54, 1.807) is 13.1 Å². The van der Waals surface area contributed by atoms with Crippen LogP contribution in [-0.4, -0.2) is 43.7 Å². The first-order valence-corrected chi connectivity index (χ1v) is 11.0. The SMILES string of the molecule is Cc1noc(-c2cnc(C)nc2N2CCCC(C(=O)Nc3ccc(-n4cccc4)cc3)C2)n1. The minimum absolute atomic E-state index is 0.00868. The molecule has 0 spiro atoms. The number of piperidine rings is 1. The predicted octanol–water partition coefficient (Wildman–Crippen LogP) is 3.79. The van der Waals surface area contributed by atoms with E-state index in [0.29, 0.717) is 29.6 Å². The van der Waals surface area contributed by atoms with Crippen molar-refractivity contribution in [2.24, 2.45) is 5.92 Å². The molecule has 1 unspecified atom stereocenters. The van der Waals surface area contributed by atoms with Gasteiger partial charge < -0.3 is 19.3 Å². The van der Waals surface area contributed by atoms with Crippen molar-refractivity contribution in [3.05, 3.63) is 66.6 Å². The van der Waals surface area contributed by atoms with E-state index in [-0.39, 0.29) is 11.8 Å². The topological polar surface area (TPSA) is 102 Å². The summed E-state index contributed by atoms with van der Waals surface area (Å²) < 4.78 is 7.39. The lowest BCUT2D eigenvalue weighted by Gasteiger charge is -2.33. The number of hydrogen-bond acceptors (Lipinski definition) is 7. The highest BCUT2D eigenvalue weighted by Gasteiger charge is 2.29. The molecule has 1 saturated heterocycles. The van der Waals surface area contributed by atoms with Crippen LogP contribution in [0.4, 0.5) is 11.5 Å². The third kappa shape index (κ3) is 4.48. The summed E-state index contributed by atoms with van der Waals surface area (Å²) in [6.07, 6.45) is 7.39. The van der Waals surface area contributed by atoms with Crippen LogP contribution in [0.15, 0.2) is 59.5 Å². The summed E-state index contributed by atoms with van der Waals surface area (Å²) in [4.78, 5) is 28.5. The van der Waals surface area contributed by atoms with Gasteiger partial charge in [0.25, 0.3) is 5.89 Å². The van der Waals surface area contributed by atoms with Gasteiger partial charge in [-0.1, -0.05) is 5.16 Å². The molecule has 9 heteroatoms. The maximum absolute atomic E-state index is 13.1. The Morgan fingerprint density at radius 2 is 1.88 bits per heavy atom. The van der Waals surface area contributed by atoms with Crippen molar-refractivity contribution in [2.75, 3.05) is 23.3 Å². The van der Waals surface area contributed by atoms with E-state index in [4.69, 9.17) is 4.52 Å². The van der Waals surface area contributed by atoms with Gasteiger partial charge in [-0.05, 0) is 63.1 Å². The zero-order valence-corrected chi connectivity index (χ0v) is 18.6. The molecule has 1 fully saturated rings. The Morgan fingerprint density at radius 1 is 1.09 bits per heavy atom. The third-order valence-corrected chi connectivity index (χ3v) is 5.78. The Balaban J connectivity index is 1.31. The molecule has 5 rings (SSSR count). The molecular weight excluding hydrogens is 418 g/mol. The fraction of sp³-hybridized carbons (Fsp3) is 0.292. The number of anilines is 2. The number of benzene rings is 1. The number of nitrogens with zero attached hydrogens (tertiary/aromatic N) is 6. The molecule has 33 heavy (non-hydrogen) atoms. The van der Waals surface area contributed by atoms with Gasteiger partial charge in [0.05, 0.1) is 5.92 Å². The Bertz CT molecular complexity index is 1250. The molecule has 0 bridgehead atoms. The number of hydrogen-bond donors (Lipinski definition) is 1. The summed E-state index contributed by atoms with van der Waals surface area (Å²) in [5.74, 6) is 2.16. The molecule has 3 aromatic heterocycles. The zero-order chi connectivity index (χ0) is 22.8. The second-order valence-electron chi connectivity index (χ2n) is 8.21. The first-order chi connectivity index (χ1) is 16.1. The molecule has 1 aliphatic rings. The van der Waals surface area contributed by atoms with E-state index < -0.39 is 0 Å². The first kappa shape index (κ1) is 20.9. The molecule has 0 aliphatic carbocycles. The van der Waals surface area contributed by atoms with E-state index in [1.807, 2.05) is 60.3 Å². The van der Waals surface area contributed by atoms with Gasteiger partial charge in [0.2, 0.25) is 5.91 Å². The van der Waals surface area contributed by atoms with Crippen LogP contribution in [0.25, 0.3) is 17.1 Å². The van der Waals surface area contributed by atoms with Crippen LogP contribution in [-0.2, 0) is 4.79 Å². The summed E-state index contributed by atoms with van der Waals surface area (Å²) in [7, 11) is 0. The Kier molecular flexibility index (Phi) is 5.60. The molecule has 1 aliphatic heterocycles. The number of rotatable bonds is 5. The number of amides is 1. The Morgan fingerprint density at radius 3 is 2.61 bits per heavy atom. The standard InChI is InChI=1S/C24H25N7O2/c1-16-25-14-21(24-27-17(2)29-33-24)22(26-16)31-13-5-6-18(15-31)23(32)28-19-7-9-20(10-8-19)30-11-3-4-12-30/h3-4,7-12,14,18H,5-6,13,15H2,1-2H3,(H,28,32). The van der Waals surface area contributed by atoms with E-state index in [1.165, 1.54) is 0 Å². The van der Waals surface area contributed by atoms with Crippen LogP contribution >= 0.6 is 0 Å².